The first-order valence-electron chi connectivity index (χ1n) is 8.05. The second-order valence-corrected chi connectivity index (χ2v) is 8.98. The Bertz CT molecular complexity index is 817. The summed E-state index contributed by atoms with van der Waals surface area (Å²) in [5, 5.41) is 1.54. The van der Waals surface area contributed by atoms with Crippen LogP contribution in [0.25, 0.3) is 11.0 Å². The number of rotatable bonds is 2. The van der Waals surface area contributed by atoms with E-state index in [0.717, 1.165) is 21.0 Å². The highest BCUT2D eigenvalue weighted by Gasteiger charge is 2.32. The molecule has 2 aromatic rings. The molecule has 0 aliphatic carbocycles. The van der Waals surface area contributed by atoms with E-state index in [1.165, 1.54) is 11.8 Å². The molecule has 1 saturated heterocycles. The lowest BCUT2D eigenvalue weighted by Crippen LogP contribution is -2.35. The monoisotopic (exact) mass is 475 g/mol. The molecule has 1 aliphatic heterocycles. The van der Waals surface area contributed by atoms with Gasteiger partial charge < -0.3 is 19.9 Å². The SMILES string of the molecule is CSc1nc(N)c2c(I)cn(C3CCN(C(=O)OC(C)(C)C)C3)c2n1. The van der Waals surface area contributed by atoms with Crippen LogP contribution in [0.5, 0.6) is 0 Å². The fourth-order valence-corrected chi connectivity index (χ4v) is 4.12. The van der Waals surface area contributed by atoms with E-state index in [4.69, 9.17) is 10.5 Å². The van der Waals surface area contributed by atoms with Gasteiger partial charge in [0.05, 0.1) is 11.4 Å². The van der Waals surface area contributed by atoms with Gasteiger partial charge in [0.25, 0.3) is 0 Å². The van der Waals surface area contributed by atoms with E-state index in [1.807, 2.05) is 33.2 Å². The number of likely N-dealkylation sites (tertiary alicyclic amines) is 1. The summed E-state index contributed by atoms with van der Waals surface area (Å²) >= 11 is 3.73. The molecule has 0 spiro atoms. The van der Waals surface area contributed by atoms with E-state index in [1.54, 1.807) is 4.90 Å². The maximum atomic E-state index is 12.3. The predicted octanol–water partition coefficient (Wildman–Crippen LogP) is 3.52. The number of thioether (sulfide) groups is 1. The Morgan fingerprint density at radius 1 is 1.44 bits per heavy atom. The number of carbonyl (C=O) groups excluding carboxylic acids is 1. The Hall–Kier alpha value is -1.23. The van der Waals surface area contributed by atoms with Crippen LogP contribution in [0.15, 0.2) is 11.4 Å². The molecule has 1 fully saturated rings. The van der Waals surface area contributed by atoms with Gasteiger partial charge in [-0.05, 0) is 56.0 Å². The highest BCUT2D eigenvalue weighted by atomic mass is 127. The van der Waals surface area contributed by atoms with Gasteiger partial charge in [-0.15, -0.1) is 0 Å². The minimum Gasteiger partial charge on any atom is -0.444 e. The maximum Gasteiger partial charge on any atom is 0.410 e. The highest BCUT2D eigenvalue weighted by molar-refractivity contribution is 14.1. The van der Waals surface area contributed by atoms with E-state index in [0.29, 0.717) is 24.1 Å². The molecule has 3 rings (SSSR count). The van der Waals surface area contributed by atoms with Crippen LogP contribution < -0.4 is 5.73 Å². The molecular formula is C16H22IN5O2S. The van der Waals surface area contributed by atoms with Gasteiger partial charge in [0.15, 0.2) is 5.16 Å². The molecule has 3 heterocycles. The lowest BCUT2D eigenvalue weighted by molar-refractivity contribution is 0.0289. The van der Waals surface area contributed by atoms with Crippen LogP contribution in [0.2, 0.25) is 0 Å². The number of carbonyl (C=O) groups is 1. The van der Waals surface area contributed by atoms with Crippen LogP contribution in [0.1, 0.15) is 33.2 Å². The average Bonchev–Trinajstić information content (AvgIpc) is 3.10. The summed E-state index contributed by atoms with van der Waals surface area (Å²) in [4.78, 5) is 23.0. The number of aromatic nitrogens is 3. The Morgan fingerprint density at radius 2 is 2.16 bits per heavy atom. The first-order valence-corrected chi connectivity index (χ1v) is 10.4. The van der Waals surface area contributed by atoms with Crippen LogP contribution >= 0.6 is 34.4 Å². The van der Waals surface area contributed by atoms with Gasteiger partial charge >= 0.3 is 6.09 Å². The van der Waals surface area contributed by atoms with Crippen molar-refractivity contribution < 1.29 is 9.53 Å². The van der Waals surface area contributed by atoms with Crippen LogP contribution in [0.4, 0.5) is 10.6 Å². The summed E-state index contributed by atoms with van der Waals surface area (Å²) in [6.07, 6.45) is 4.57. The molecule has 136 valence electrons. The number of ether oxygens (including phenoxy) is 1. The van der Waals surface area contributed by atoms with Gasteiger partial charge in [0.1, 0.15) is 17.1 Å². The van der Waals surface area contributed by atoms with Crippen molar-refractivity contribution in [2.75, 3.05) is 25.1 Å². The van der Waals surface area contributed by atoms with Crippen LogP contribution in [0.3, 0.4) is 0 Å². The van der Waals surface area contributed by atoms with E-state index in [2.05, 4.69) is 37.1 Å². The molecule has 1 amide bonds. The van der Waals surface area contributed by atoms with Crippen LogP contribution in [-0.2, 0) is 4.74 Å². The number of hydrogen-bond donors (Lipinski definition) is 1. The van der Waals surface area contributed by atoms with Crippen molar-refractivity contribution in [2.45, 2.75) is 44.0 Å². The molecule has 1 atom stereocenters. The molecular weight excluding hydrogens is 453 g/mol. The average molecular weight is 475 g/mol. The van der Waals surface area contributed by atoms with Gasteiger partial charge in [-0.3, -0.25) is 0 Å². The lowest BCUT2D eigenvalue weighted by Gasteiger charge is -2.24. The number of hydrogen-bond acceptors (Lipinski definition) is 6. The standard InChI is InChI=1S/C16H22IN5O2S/c1-16(2,3)24-15(23)21-6-5-9(7-21)22-8-10(17)11-12(18)19-14(25-4)20-13(11)22/h8-9H,5-7H2,1-4H3,(H2,18,19,20). The summed E-state index contributed by atoms with van der Waals surface area (Å²) in [5.74, 6) is 0.500. The minimum absolute atomic E-state index is 0.155. The van der Waals surface area contributed by atoms with Crippen molar-refractivity contribution in [3.63, 3.8) is 0 Å². The van der Waals surface area contributed by atoms with Crippen molar-refractivity contribution in [3.8, 4) is 0 Å². The normalized spacial score (nSPS) is 18.1. The summed E-state index contributed by atoms with van der Waals surface area (Å²) < 4.78 is 8.63. The number of nitrogen functional groups attached to an aromatic ring is 1. The zero-order chi connectivity index (χ0) is 18.4. The number of halogens is 1. The van der Waals surface area contributed by atoms with Gasteiger partial charge in [-0.2, -0.15) is 0 Å². The fraction of sp³-hybridized carbons (Fsp3) is 0.562. The van der Waals surface area contributed by atoms with E-state index < -0.39 is 5.60 Å². The Kier molecular flexibility index (Phi) is 5.06. The Balaban J connectivity index is 1.88. The first-order chi connectivity index (χ1) is 11.7. The van der Waals surface area contributed by atoms with Gasteiger partial charge in [0.2, 0.25) is 0 Å². The Labute approximate surface area is 164 Å². The summed E-state index contributed by atoms with van der Waals surface area (Å²) in [6, 6.07) is 0.155. The van der Waals surface area contributed by atoms with Crippen molar-refractivity contribution in [3.05, 3.63) is 9.77 Å². The topological polar surface area (TPSA) is 86.3 Å². The van der Waals surface area contributed by atoms with E-state index in [-0.39, 0.29) is 12.1 Å². The molecule has 0 saturated carbocycles. The largest absolute Gasteiger partial charge is 0.444 e. The molecule has 2 aromatic heterocycles. The van der Waals surface area contributed by atoms with E-state index >= 15 is 0 Å². The lowest BCUT2D eigenvalue weighted by atomic mass is 10.2. The zero-order valence-electron chi connectivity index (χ0n) is 14.7. The molecule has 25 heavy (non-hydrogen) atoms. The van der Waals surface area contributed by atoms with E-state index in [9.17, 15) is 4.79 Å². The van der Waals surface area contributed by atoms with Crippen molar-refractivity contribution in [2.24, 2.45) is 0 Å². The number of fused-ring (bicyclic) bond motifs is 1. The molecule has 0 radical (unpaired) electrons. The summed E-state index contributed by atoms with van der Waals surface area (Å²) in [7, 11) is 0. The number of anilines is 1. The second kappa shape index (κ2) is 6.82. The maximum absolute atomic E-state index is 12.3. The van der Waals surface area contributed by atoms with Gasteiger partial charge in [0, 0.05) is 22.9 Å². The summed E-state index contributed by atoms with van der Waals surface area (Å²) in [5.41, 5.74) is 6.47. The van der Waals surface area contributed by atoms with Crippen molar-refractivity contribution in [1.29, 1.82) is 0 Å². The zero-order valence-corrected chi connectivity index (χ0v) is 17.7. The Morgan fingerprint density at radius 3 is 2.80 bits per heavy atom. The third kappa shape index (κ3) is 3.81. The van der Waals surface area contributed by atoms with Crippen molar-refractivity contribution >= 4 is 57.3 Å². The number of nitrogens with two attached hydrogens (primary N) is 1. The smallest absolute Gasteiger partial charge is 0.410 e. The van der Waals surface area contributed by atoms with Crippen LogP contribution in [-0.4, -0.2) is 50.5 Å². The number of nitrogens with zero attached hydrogens (tertiary/aromatic N) is 4. The highest BCUT2D eigenvalue weighted by Crippen LogP contribution is 2.33. The van der Waals surface area contributed by atoms with Crippen LogP contribution in [0, 0.1) is 3.57 Å². The molecule has 7 nitrogen and oxygen atoms in total. The molecule has 0 bridgehead atoms. The third-order valence-electron chi connectivity index (χ3n) is 4.02. The first kappa shape index (κ1) is 18.6. The fourth-order valence-electron chi connectivity index (χ4n) is 2.94. The molecule has 1 aliphatic rings. The predicted molar refractivity (Wildman–Crippen MR) is 108 cm³/mol. The third-order valence-corrected chi connectivity index (χ3v) is 5.39. The molecule has 9 heteroatoms. The quantitative estimate of drug-likeness (QED) is 0.407. The minimum atomic E-state index is -0.486. The molecule has 0 aromatic carbocycles. The second-order valence-electron chi connectivity index (χ2n) is 7.05. The van der Waals surface area contributed by atoms with Gasteiger partial charge in [-0.25, -0.2) is 14.8 Å². The number of amides is 1. The molecule has 1 unspecified atom stereocenters. The van der Waals surface area contributed by atoms with Gasteiger partial charge in [-0.1, -0.05) is 11.8 Å². The van der Waals surface area contributed by atoms with Crippen molar-refractivity contribution in [1.82, 2.24) is 19.4 Å². The molecule has 2 N–H and O–H groups in total. The summed E-state index contributed by atoms with van der Waals surface area (Å²) in [6.45, 7) is 6.91.